The van der Waals surface area contributed by atoms with Crippen molar-refractivity contribution in [3.63, 3.8) is 0 Å². The summed E-state index contributed by atoms with van der Waals surface area (Å²) in [5, 5.41) is 5.90. The first-order chi connectivity index (χ1) is 9.82. The number of carbonyl (C=O) groups excluding carboxylic acids is 2. The normalized spacial score (nSPS) is 20.9. The molecule has 2 aliphatic rings. The molecule has 0 aromatic heterocycles. The third-order valence-corrected chi connectivity index (χ3v) is 3.62. The minimum Gasteiger partial charge on any atom is -0.444 e. The number of nitrogens with zero attached hydrogens (tertiary/aromatic N) is 1. The van der Waals surface area contributed by atoms with Crippen molar-refractivity contribution in [2.45, 2.75) is 64.1 Å². The Morgan fingerprint density at radius 2 is 1.62 bits per heavy atom. The molecular formula is C15H27N3O3. The van der Waals surface area contributed by atoms with E-state index in [1.165, 1.54) is 0 Å². The van der Waals surface area contributed by atoms with Crippen molar-refractivity contribution < 1.29 is 14.3 Å². The molecule has 0 atom stereocenters. The minimum atomic E-state index is -0.467. The second-order valence-corrected chi connectivity index (χ2v) is 7.04. The van der Waals surface area contributed by atoms with Gasteiger partial charge < -0.3 is 15.4 Å². The van der Waals surface area contributed by atoms with E-state index in [-0.39, 0.29) is 18.0 Å². The Kier molecular flexibility index (Phi) is 5.08. The number of alkyl carbamates (subject to hydrolysis) is 1. The second kappa shape index (κ2) is 6.64. The van der Waals surface area contributed by atoms with E-state index in [2.05, 4.69) is 15.5 Å². The van der Waals surface area contributed by atoms with Crippen LogP contribution in [0.4, 0.5) is 4.79 Å². The van der Waals surface area contributed by atoms with Crippen LogP contribution < -0.4 is 10.6 Å². The van der Waals surface area contributed by atoms with Crippen molar-refractivity contribution >= 4 is 12.0 Å². The van der Waals surface area contributed by atoms with Crippen LogP contribution in [0.3, 0.4) is 0 Å². The molecular weight excluding hydrogens is 270 g/mol. The van der Waals surface area contributed by atoms with Crippen LogP contribution in [0, 0.1) is 0 Å². The molecule has 1 aliphatic heterocycles. The summed E-state index contributed by atoms with van der Waals surface area (Å²) in [7, 11) is 0. The lowest BCUT2D eigenvalue weighted by Crippen LogP contribution is -2.48. The fourth-order valence-electron chi connectivity index (χ4n) is 2.41. The van der Waals surface area contributed by atoms with E-state index in [9.17, 15) is 9.59 Å². The monoisotopic (exact) mass is 297 g/mol. The highest BCUT2D eigenvalue weighted by molar-refractivity contribution is 5.78. The molecule has 2 amide bonds. The largest absolute Gasteiger partial charge is 0.444 e. The average Bonchev–Trinajstić information content (AvgIpc) is 3.13. The summed E-state index contributed by atoms with van der Waals surface area (Å²) in [6.45, 7) is 7.70. The van der Waals surface area contributed by atoms with Crippen molar-refractivity contribution in [1.29, 1.82) is 0 Å². The van der Waals surface area contributed by atoms with E-state index in [0.717, 1.165) is 38.8 Å². The summed E-state index contributed by atoms with van der Waals surface area (Å²) in [5.74, 6) is 0.121. The zero-order valence-electron chi connectivity index (χ0n) is 13.3. The lowest BCUT2D eigenvalue weighted by Gasteiger charge is -2.32. The summed E-state index contributed by atoms with van der Waals surface area (Å²) in [5.41, 5.74) is -0.467. The number of nitrogens with one attached hydrogen (secondary N) is 2. The van der Waals surface area contributed by atoms with Gasteiger partial charge in [0.25, 0.3) is 0 Å². The molecule has 1 saturated carbocycles. The lowest BCUT2D eigenvalue weighted by atomic mass is 10.1. The highest BCUT2D eigenvalue weighted by atomic mass is 16.6. The topological polar surface area (TPSA) is 70.7 Å². The summed E-state index contributed by atoms with van der Waals surface area (Å²) in [6.07, 6.45) is 3.60. The van der Waals surface area contributed by atoms with E-state index < -0.39 is 5.60 Å². The maximum atomic E-state index is 11.7. The van der Waals surface area contributed by atoms with Crippen LogP contribution in [-0.2, 0) is 9.53 Å². The molecule has 21 heavy (non-hydrogen) atoms. The van der Waals surface area contributed by atoms with Gasteiger partial charge in [0.2, 0.25) is 5.91 Å². The summed E-state index contributed by atoms with van der Waals surface area (Å²) >= 11 is 0. The van der Waals surface area contributed by atoms with E-state index >= 15 is 0 Å². The molecule has 2 rings (SSSR count). The maximum absolute atomic E-state index is 11.7. The van der Waals surface area contributed by atoms with E-state index in [1.54, 1.807) is 0 Å². The Bertz CT molecular complexity index is 380. The van der Waals surface area contributed by atoms with Crippen LogP contribution in [0.5, 0.6) is 0 Å². The third kappa shape index (κ3) is 6.33. The smallest absolute Gasteiger partial charge is 0.407 e. The molecule has 120 valence electrons. The van der Waals surface area contributed by atoms with Gasteiger partial charge in [0.05, 0.1) is 6.54 Å². The fourth-order valence-corrected chi connectivity index (χ4v) is 2.41. The maximum Gasteiger partial charge on any atom is 0.407 e. The average molecular weight is 297 g/mol. The first-order valence-electron chi connectivity index (χ1n) is 7.83. The van der Waals surface area contributed by atoms with Gasteiger partial charge in [0.15, 0.2) is 0 Å². The van der Waals surface area contributed by atoms with Gasteiger partial charge in [-0.2, -0.15) is 0 Å². The number of ether oxygens (including phenoxy) is 1. The molecule has 0 aromatic carbocycles. The molecule has 0 unspecified atom stereocenters. The number of hydrogen-bond acceptors (Lipinski definition) is 4. The first kappa shape index (κ1) is 16.1. The van der Waals surface area contributed by atoms with E-state index in [1.807, 2.05) is 20.8 Å². The zero-order valence-corrected chi connectivity index (χ0v) is 13.3. The van der Waals surface area contributed by atoms with Gasteiger partial charge in [0.1, 0.15) is 5.60 Å². The van der Waals surface area contributed by atoms with Gasteiger partial charge in [-0.1, -0.05) is 0 Å². The summed E-state index contributed by atoms with van der Waals surface area (Å²) in [6, 6.07) is 0.562. The Hall–Kier alpha value is -1.30. The zero-order chi connectivity index (χ0) is 15.5. The molecule has 1 aliphatic carbocycles. The lowest BCUT2D eigenvalue weighted by molar-refractivity contribution is -0.122. The third-order valence-electron chi connectivity index (χ3n) is 3.62. The molecule has 2 N–H and O–H groups in total. The van der Waals surface area contributed by atoms with Gasteiger partial charge >= 0.3 is 6.09 Å². The number of hydrogen-bond donors (Lipinski definition) is 2. The predicted octanol–water partition coefficient (Wildman–Crippen LogP) is 1.25. The Balaban J connectivity index is 1.63. The van der Waals surface area contributed by atoms with Gasteiger partial charge in [0, 0.05) is 25.2 Å². The molecule has 0 bridgehead atoms. The van der Waals surface area contributed by atoms with Crippen molar-refractivity contribution in [3.05, 3.63) is 0 Å². The highest BCUT2D eigenvalue weighted by Crippen LogP contribution is 2.18. The fraction of sp³-hybridized carbons (Fsp3) is 0.867. The number of likely N-dealkylation sites (tertiary alicyclic amines) is 1. The van der Waals surface area contributed by atoms with Crippen LogP contribution in [0.15, 0.2) is 0 Å². The summed E-state index contributed by atoms with van der Waals surface area (Å²) in [4.78, 5) is 25.6. The minimum absolute atomic E-state index is 0.121. The van der Waals surface area contributed by atoms with Crippen molar-refractivity contribution in [1.82, 2.24) is 15.5 Å². The molecule has 1 heterocycles. The quantitative estimate of drug-likeness (QED) is 0.819. The predicted molar refractivity (Wildman–Crippen MR) is 80.0 cm³/mol. The molecule has 2 fully saturated rings. The highest BCUT2D eigenvalue weighted by Gasteiger charge is 2.27. The number of rotatable bonds is 4. The van der Waals surface area contributed by atoms with Gasteiger partial charge in [-0.05, 0) is 46.5 Å². The standard InChI is InChI=1S/C15H27N3O3/c1-15(2,3)21-14(20)17-12-6-8-18(9-7-12)10-13(19)16-11-4-5-11/h11-12H,4-10H2,1-3H3,(H,16,19)(H,17,20). The number of carbonyl (C=O) groups is 2. The molecule has 0 spiro atoms. The molecule has 0 aromatic rings. The van der Waals surface area contributed by atoms with Crippen LogP contribution in [0.25, 0.3) is 0 Å². The van der Waals surface area contributed by atoms with Gasteiger partial charge in [-0.15, -0.1) is 0 Å². The number of piperidine rings is 1. The second-order valence-electron chi connectivity index (χ2n) is 7.04. The Labute approximate surface area is 126 Å². The van der Waals surface area contributed by atoms with Crippen LogP contribution in [0.1, 0.15) is 46.5 Å². The molecule has 6 nitrogen and oxygen atoms in total. The Morgan fingerprint density at radius 3 is 2.14 bits per heavy atom. The molecule has 6 heteroatoms. The van der Waals surface area contributed by atoms with Crippen LogP contribution >= 0.6 is 0 Å². The van der Waals surface area contributed by atoms with Crippen molar-refractivity contribution in [2.75, 3.05) is 19.6 Å². The van der Waals surface area contributed by atoms with E-state index in [0.29, 0.717) is 12.6 Å². The van der Waals surface area contributed by atoms with Gasteiger partial charge in [-0.3, -0.25) is 9.69 Å². The molecule has 1 saturated heterocycles. The SMILES string of the molecule is CC(C)(C)OC(=O)NC1CCN(CC(=O)NC2CC2)CC1. The van der Waals surface area contributed by atoms with Crippen LogP contribution in [0.2, 0.25) is 0 Å². The first-order valence-corrected chi connectivity index (χ1v) is 7.83. The number of amides is 2. The molecule has 0 radical (unpaired) electrons. The van der Waals surface area contributed by atoms with Gasteiger partial charge in [-0.25, -0.2) is 4.79 Å². The van der Waals surface area contributed by atoms with E-state index in [4.69, 9.17) is 4.74 Å². The summed E-state index contributed by atoms with van der Waals surface area (Å²) < 4.78 is 5.25. The van der Waals surface area contributed by atoms with Crippen molar-refractivity contribution in [3.8, 4) is 0 Å². The van der Waals surface area contributed by atoms with Crippen LogP contribution in [-0.4, -0.2) is 54.2 Å². The Morgan fingerprint density at radius 1 is 1.05 bits per heavy atom. The van der Waals surface area contributed by atoms with Crippen molar-refractivity contribution in [2.24, 2.45) is 0 Å².